The fourth-order valence-corrected chi connectivity index (χ4v) is 3.09. The Morgan fingerprint density at radius 1 is 0.868 bits per heavy atom. The quantitative estimate of drug-likeness (QED) is 0.248. The number of hydrogen-bond donors (Lipinski definition) is 1. The molecule has 4 atom stereocenters. The second-order valence-corrected chi connectivity index (χ2v) is 10.1. The molecule has 2 rings (SSSR count). The first kappa shape index (κ1) is 30.7. The number of rotatable bonds is 11. The van der Waals surface area contributed by atoms with E-state index in [2.05, 4.69) is 10.5 Å². The van der Waals surface area contributed by atoms with Crippen molar-refractivity contribution in [2.75, 3.05) is 12.1 Å². The van der Waals surface area contributed by atoms with Gasteiger partial charge in [0.25, 0.3) is 0 Å². The van der Waals surface area contributed by atoms with Crippen molar-refractivity contribution >= 4 is 29.7 Å². The molecule has 0 spiro atoms. The molecule has 0 aromatic carbocycles. The maximum atomic E-state index is 12.9. The highest BCUT2D eigenvalue weighted by Gasteiger charge is 2.51. The number of esters is 3. The maximum Gasteiger partial charge on any atom is 0.351 e. The van der Waals surface area contributed by atoms with Crippen molar-refractivity contribution in [2.45, 2.75) is 79.9 Å². The van der Waals surface area contributed by atoms with E-state index in [0.29, 0.717) is 0 Å². The molecule has 0 amide bonds. The third-order valence-electron chi connectivity index (χ3n) is 5.43. The summed E-state index contributed by atoms with van der Waals surface area (Å²) in [6, 6.07) is 1.35. The smallest absolute Gasteiger partial charge is 0.351 e. The van der Waals surface area contributed by atoms with E-state index >= 15 is 0 Å². The number of nitrogens with zero attached hydrogens (tertiary/aromatic N) is 2. The summed E-state index contributed by atoms with van der Waals surface area (Å²) in [4.78, 5) is 70.6. The van der Waals surface area contributed by atoms with Crippen molar-refractivity contribution in [3.8, 4) is 0 Å². The molecule has 1 aliphatic rings. The van der Waals surface area contributed by atoms with Gasteiger partial charge in [0, 0.05) is 12.3 Å². The minimum atomic E-state index is -1.27. The molecule has 0 radical (unpaired) electrons. The lowest BCUT2D eigenvalue weighted by Crippen LogP contribution is -2.43. The Morgan fingerprint density at radius 2 is 1.39 bits per heavy atom. The van der Waals surface area contributed by atoms with Crippen LogP contribution in [0.25, 0.3) is 0 Å². The average Bonchev–Trinajstić information content (AvgIpc) is 3.16. The summed E-state index contributed by atoms with van der Waals surface area (Å²) in [7, 11) is 0. The fourth-order valence-electron chi connectivity index (χ4n) is 3.09. The van der Waals surface area contributed by atoms with E-state index in [1.807, 2.05) is 0 Å². The molecule has 0 bridgehead atoms. The normalized spacial score (nSPS) is 21.1. The molecule has 212 valence electrons. The average molecular weight is 540 g/mol. The molecule has 13 nitrogen and oxygen atoms in total. The first-order chi connectivity index (χ1) is 17.7. The first-order valence-corrected chi connectivity index (χ1v) is 12.5. The van der Waals surface area contributed by atoms with Gasteiger partial charge in [-0.15, -0.1) is 0 Å². The molecule has 1 saturated heterocycles. The van der Waals surface area contributed by atoms with Gasteiger partial charge in [0.2, 0.25) is 0 Å². The number of anilines is 1. The third-order valence-corrected chi connectivity index (χ3v) is 5.43. The summed E-state index contributed by atoms with van der Waals surface area (Å²) in [5.41, 5.74) is 1.48. The van der Waals surface area contributed by atoms with Gasteiger partial charge < -0.3 is 23.8 Å². The van der Waals surface area contributed by atoms with Crippen LogP contribution in [0.2, 0.25) is 0 Å². The number of carbonyl (C=O) groups is 4. The zero-order chi connectivity index (χ0) is 28.7. The predicted molar refractivity (Wildman–Crippen MR) is 132 cm³/mol. The number of hydrogen-bond acceptors (Lipinski definition) is 12. The summed E-state index contributed by atoms with van der Waals surface area (Å²) in [6.07, 6.45) is -3.46. The molecule has 1 aliphatic heterocycles. The van der Waals surface area contributed by atoms with Gasteiger partial charge in [-0.25, -0.2) is 15.1 Å². The molecule has 38 heavy (non-hydrogen) atoms. The number of ether oxygens (including phenoxy) is 4. The van der Waals surface area contributed by atoms with Crippen molar-refractivity contribution in [3.63, 3.8) is 0 Å². The van der Waals surface area contributed by atoms with Crippen LogP contribution in [0.15, 0.2) is 17.1 Å². The summed E-state index contributed by atoms with van der Waals surface area (Å²) >= 11 is 0. The van der Waals surface area contributed by atoms with Crippen molar-refractivity contribution in [2.24, 2.45) is 23.7 Å². The van der Waals surface area contributed by atoms with Crippen LogP contribution in [-0.2, 0) is 43.0 Å². The molecule has 1 aromatic rings. The minimum absolute atomic E-state index is 0.0424. The van der Waals surface area contributed by atoms with E-state index in [-0.39, 0.29) is 12.4 Å². The Hall–Kier alpha value is -3.48. The minimum Gasteiger partial charge on any atom is -0.463 e. The highest BCUT2D eigenvalue weighted by molar-refractivity contribution is 5.73. The van der Waals surface area contributed by atoms with Gasteiger partial charge in [0.05, 0.1) is 23.7 Å². The van der Waals surface area contributed by atoms with Crippen LogP contribution >= 0.6 is 0 Å². The fraction of sp³-hybridized carbons (Fsp3) is 0.680. The zero-order valence-corrected chi connectivity index (χ0v) is 23.0. The number of aromatic nitrogens is 2. The number of nitrogens with one attached hydrogen (secondary N) is 1. The third kappa shape index (κ3) is 8.01. The molecule has 13 heteroatoms. The Labute approximate surface area is 221 Å². The maximum absolute atomic E-state index is 12.9. The summed E-state index contributed by atoms with van der Waals surface area (Å²) in [6.45, 7) is 12.8. The molecule has 0 unspecified atom stereocenters. The summed E-state index contributed by atoms with van der Waals surface area (Å²) < 4.78 is 23.7. The Kier molecular flexibility index (Phi) is 10.8. The van der Waals surface area contributed by atoms with Crippen LogP contribution in [0.3, 0.4) is 0 Å². The van der Waals surface area contributed by atoms with Crippen LogP contribution < -0.4 is 11.2 Å². The molecule has 1 aromatic heterocycles. The van der Waals surface area contributed by atoms with E-state index in [4.69, 9.17) is 23.8 Å². The first-order valence-electron chi connectivity index (χ1n) is 12.5. The standard InChI is InChI=1S/C25H37N3O10/c1-12(2)21(29)34-11-16-18(36-22(30)13(3)4)19(37-23(31)14(5)6)20(35-16)28-10-9-17(26-25(28)33)27-38-24(32)15(7)8/h9-10,12-16,18-20H,11H2,1-8H3,(H,26,27,33)/t16-,18-,19-,20-/m1/s1. The second-order valence-electron chi connectivity index (χ2n) is 10.1. The Balaban J connectivity index is 2.42. The molecular weight excluding hydrogens is 502 g/mol. The van der Waals surface area contributed by atoms with Gasteiger partial charge in [0.1, 0.15) is 12.7 Å². The Bertz CT molecular complexity index is 1070. The van der Waals surface area contributed by atoms with E-state index in [1.54, 1.807) is 55.4 Å². The summed E-state index contributed by atoms with van der Waals surface area (Å²) in [5.74, 6) is -4.19. The van der Waals surface area contributed by atoms with Gasteiger partial charge in [-0.05, 0) is 0 Å². The van der Waals surface area contributed by atoms with Gasteiger partial charge in [-0.3, -0.25) is 19.0 Å². The van der Waals surface area contributed by atoms with Crippen molar-refractivity contribution in [1.82, 2.24) is 9.55 Å². The van der Waals surface area contributed by atoms with E-state index in [1.165, 1.54) is 12.3 Å². The molecular formula is C25H37N3O10. The predicted octanol–water partition coefficient (Wildman–Crippen LogP) is 2.00. The topological polar surface area (TPSA) is 161 Å². The SMILES string of the molecule is CC(C)C(=O)OC[C@H]1O[C@@H](n2ccc(NOC(=O)C(C)C)nc2=O)[C@H](OC(=O)C(C)C)[C@@H]1OC(=O)C(C)C. The lowest BCUT2D eigenvalue weighted by molar-refractivity contribution is -0.173. The van der Waals surface area contributed by atoms with Gasteiger partial charge in [0.15, 0.2) is 24.3 Å². The molecule has 0 aliphatic carbocycles. The molecule has 2 heterocycles. The lowest BCUT2D eigenvalue weighted by Gasteiger charge is -2.26. The van der Waals surface area contributed by atoms with Gasteiger partial charge in [-0.2, -0.15) is 4.98 Å². The van der Waals surface area contributed by atoms with Crippen LogP contribution in [0, 0.1) is 23.7 Å². The van der Waals surface area contributed by atoms with Gasteiger partial charge >= 0.3 is 29.6 Å². The lowest BCUT2D eigenvalue weighted by atomic mass is 10.1. The van der Waals surface area contributed by atoms with Crippen LogP contribution in [0.5, 0.6) is 0 Å². The van der Waals surface area contributed by atoms with E-state index < -0.39 is 77.8 Å². The monoisotopic (exact) mass is 539 g/mol. The number of carbonyl (C=O) groups excluding carboxylic acids is 4. The highest BCUT2D eigenvalue weighted by Crippen LogP contribution is 2.34. The van der Waals surface area contributed by atoms with Crippen molar-refractivity contribution < 1.29 is 43.0 Å². The van der Waals surface area contributed by atoms with Crippen molar-refractivity contribution in [3.05, 3.63) is 22.7 Å². The van der Waals surface area contributed by atoms with Crippen molar-refractivity contribution in [1.29, 1.82) is 0 Å². The molecule has 1 N–H and O–H groups in total. The molecule has 0 saturated carbocycles. The van der Waals surface area contributed by atoms with E-state index in [0.717, 1.165) is 4.57 Å². The summed E-state index contributed by atoms with van der Waals surface area (Å²) in [5, 5.41) is 0. The van der Waals surface area contributed by atoms with Gasteiger partial charge in [-0.1, -0.05) is 55.4 Å². The van der Waals surface area contributed by atoms with Crippen LogP contribution in [0.1, 0.15) is 61.6 Å². The Morgan fingerprint density at radius 3 is 1.89 bits per heavy atom. The van der Waals surface area contributed by atoms with E-state index in [9.17, 15) is 24.0 Å². The van der Waals surface area contributed by atoms with Crippen LogP contribution in [0.4, 0.5) is 5.82 Å². The molecule has 1 fully saturated rings. The second kappa shape index (κ2) is 13.4. The largest absolute Gasteiger partial charge is 0.463 e. The zero-order valence-electron chi connectivity index (χ0n) is 23.0. The van der Waals surface area contributed by atoms with Crippen LogP contribution in [-0.4, -0.2) is 58.3 Å². The highest BCUT2D eigenvalue weighted by atomic mass is 16.7.